The van der Waals surface area contributed by atoms with Gasteiger partial charge in [0.1, 0.15) is 0 Å². The number of rotatable bonds is 2. The first kappa shape index (κ1) is 26.9. The van der Waals surface area contributed by atoms with Gasteiger partial charge in [-0.1, -0.05) is 6.92 Å². The minimum atomic E-state index is 0.209. The third-order valence-corrected chi connectivity index (χ3v) is 6.55. The van der Waals surface area contributed by atoms with Crippen molar-refractivity contribution < 1.29 is 9.59 Å². The van der Waals surface area contributed by atoms with E-state index in [1.807, 2.05) is 23.8 Å². The van der Waals surface area contributed by atoms with E-state index in [1.165, 1.54) is 0 Å². The highest BCUT2D eigenvalue weighted by atomic mass is 16.2. The van der Waals surface area contributed by atoms with Crippen molar-refractivity contribution in [3.63, 3.8) is 0 Å². The molecule has 2 heterocycles. The predicted octanol–water partition coefficient (Wildman–Crippen LogP) is 3.46. The number of piperidine rings is 1. The zero-order valence-electron chi connectivity index (χ0n) is 21.3. The summed E-state index contributed by atoms with van der Waals surface area (Å²) >= 11 is 0. The van der Waals surface area contributed by atoms with Crippen LogP contribution in [0.5, 0.6) is 0 Å². The number of likely N-dealkylation sites (tertiary alicyclic amines) is 1. The molecule has 0 aromatic carbocycles. The molecule has 6 heteroatoms. The van der Waals surface area contributed by atoms with Crippen molar-refractivity contribution in [2.75, 3.05) is 46.3 Å². The number of hydrogen-bond acceptors (Lipinski definition) is 4. The summed E-state index contributed by atoms with van der Waals surface area (Å²) in [6.45, 7) is 23.2. The Bertz CT molecular complexity index is 542. The number of carbonyl (C=O) groups is 2. The lowest BCUT2D eigenvalue weighted by atomic mass is 9.97. The Hall–Kier alpha value is -1.14. The lowest BCUT2D eigenvalue weighted by Gasteiger charge is -2.43. The highest BCUT2D eigenvalue weighted by Gasteiger charge is 2.29. The molecule has 2 fully saturated rings. The van der Waals surface area contributed by atoms with Gasteiger partial charge < -0.3 is 9.80 Å². The third kappa shape index (κ3) is 8.54. The van der Waals surface area contributed by atoms with Crippen LogP contribution in [0.3, 0.4) is 0 Å². The molecule has 2 rings (SSSR count). The van der Waals surface area contributed by atoms with E-state index in [-0.39, 0.29) is 22.9 Å². The maximum absolute atomic E-state index is 11.6. The van der Waals surface area contributed by atoms with Crippen LogP contribution in [0.2, 0.25) is 0 Å². The zero-order chi connectivity index (χ0) is 23.1. The van der Waals surface area contributed by atoms with E-state index < -0.39 is 0 Å². The summed E-state index contributed by atoms with van der Waals surface area (Å²) in [7, 11) is 1.95. The van der Waals surface area contributed by atoms with Crippen molar-refractivity contribution in [1.82, 2.24) is 19.6 Å². The molecule has 176 valence electrons. The second kappa shape index (κ2) is 11.5. The van der Waals surface area contributed by atoms with Crippen LogP contribution in [-0.4, -0.2) is 94.8 Å². The molecule has 0 aliphatic carbocycles. The van der Waals surface area contributed by atoms with E-state index in [0.29, 0.717) is 12.5 Å². The van der Waals surface area contributed by atoms with E-state index in [9.17, 15) is 9.59 Å². The van der Waals surface area contributed by atoms with Crippen LogP contribution < -0.4 is 0 Å². The van der Waals surface area contributed by atoms with E-state index >= 15 is 0 Å². The molecule has 2 aliphatic rings. The zero-order valence-corrected chi connectivity index (χ0v) is 21.3. The fourth-order valence-electron chi connectivity index (χ4n) is 4.28. The van der Waals surface area contributed by atoms with Gasteiger partial charge >= 0.3 is 0 Å². The lowest BCUT2D eigenvalue weighted by Crippen LogP contribution is -2.51. The Morgan fingerprint density at radius 1 is 0.833 bits per heavy atom. The molecular formula is C24H48N4O2. The predicted molar refractivity (Wildman–Crippen MR) is 126 cm³/mol. The highest BCUT2D eigenvalue weighted by molar-refractivity contribution is 5.75. The summed E-state index contributed by atoms with van der Waals surface area (Å²) < 4.78 is 0. The van der Waals surface area contributed by atoms with Crippen molar-refractivity contribution >= 4 is 11.8 Å². The molecule has 0 radical (unpaired) electrons. The van der Waals surface area contributed by atoms with Gasteiger partial charge in [0.15, 0.2) is 0 Å². The van der Waals surface area contributed by atoms with E-state index in [4.69, 9.17) is 0 Å². The Morgan fingerprint density at radius 3 is 1.77 bits per heavy atom. The van der Waals surface area contributed by atoms with Gasteiger partial charge in [0.25, 0.3) is 0 Å². The van der Waals surface area contributed by atoms with Crippen molar-refractivity contribution in [3.05, 3.63) is 0 Å². The molecule has 0 atom stereocenters. The van der Waals surface area contributed by atoms with Gasteiger partial charge in [0.05, 0.1) is 0 Å². The van der Waals surface area contributed by atoms with E-state index in [1.54, 1.807) is 6.92 Å². The van der Waals surface area contributed by atoms with Gasteiger partial charge in [-0.15, -0.1) is 0 Å². The average molecular weight is 425 g/mol. The largest absolute Gasteiger partial charge is 0.343 e. The van der Waals surface area contributed by atoms with Crippen molar-refractivity contribution in [2.45, 2.75) is 98.2 Å². The molecule has 2 aliphatic heterocycles. The molecule has 0 N–H and O–H groups in total. The Balaban J connectivity index is 0.000000303. The molecule has 0 bridgehead atoms. The van der Waals surface area contributed by atoms with Crippen molar-refractivity contribution in [2.24, 2.45) is 0 Å². The smallest absolute Gasteiger partial charge is 0.222 e. The number of nitrogens with zero attached hydrogens (tertiary/aromatic N) is 4. The minimum Gasteiger partial charge on any atom is -0.343 e. The Labute approximate surface area is 185 Å². The molecular weight excluding hydrogens is 376 g/mol. The van der Waals surface area contributed by atoms with E-state index in [0.717, 1.165) is 58.5 Å². The number of amides is 2. The normalized spacial score (nSPS) is 20.2. The lowest BCUT2D eigenvalue weighted by molar-refractivity contribution is -0.132. The van der Waals surface area contributed by atoms with E-state index in [2.05, 4.69) is 51.3 Å². The molecule has 0 aromatic rings. The third-order valence-electron chi connectivity index (χ3n) is 6.55. The minimum absolute atomic E-state index is 0.209. The van der Waals surface area contributed by atoms with Crippen LogP contribution in [-0.2, 0) is 9.59 Å². The molecule has 6 nitrogen and oxygen atoms in total. The number of carbonyl (C=O) groups excluding carboxylic acids is 2. The SMILES string of the molecule is CC(=O)N1CCCN(C(C)(C)C)CC1.CCC(=O)N(C)C1CCN(C(C)(C)C)CC1. The molecule has 2 saturated heterocycles. The van der Waals surface area contributed by atoms with Crippen LogP contribution >= 0.6 is 0 Å². The molecule has 30 heavy (non-hydrogen) atoms. The molecule has 0 spiro atoms. The molecule has 2 amide bonds. The quantitative estimate of drug-likeness (QED) is 0.681. The second-order valence-electron chi connectivity index (χ2n) is 10.8. The fourth-order valence-corrected chi connectivity index (χ4v) is 4.28. The standard InChI is InChI=1S/C13H26N2O.C11H22N2O/c1-6-12(16)14(5)11-7-9-15(10-8-11)13(2,3)4;1-10(14)12-6-5-7-13(9-8-12)11(2,3)4/h11H,6-10H2,1-5H3;5-9H2,1-4H3. The Morgan fingerprint density at radius 2 is 1.33 bits per heavy atom. The first-order valence-corrected chi connectivity index (χ1v) is 11.8. The second-order valence-corrected chi connectivity index (χ2v) is 10.8. The Kier molecular flexibility index (Phi) is 10.3. The van der Waals surface area contributed by atoms with Crippen molar-refractivity contribution in [1.29, 1.82) is 0 Å². The highest BCUT2D eigenvalue weighted by Crippen LogP contribution is 2.22. The van der Waals surface area contributed by atoms with Crippen LogP contribution in [0, 0.1) is 0 Å². The van der Waals surface area contributed by atoms with Crippen LogP contribution in [0.1, 0.15) is 81.1 Å². The van der Waals surface area contributed by atoms with Gasteiger partial charge in [-0.05, 0) is 60.8 Å². The summed E-state index contributed by atoms with van der Waals surface area (Å²) in [6, 6.07) is 0.450. The molecule has 0 saturated carbocycles. The van der Waals surface area contributed by atoms with Crippen LogP contribution in [0.4, 0.5) is 0 Å². The first-order valence-electron chi connectivity index (χ1n) is 11.8. The van der Waals surface area contributed by atoms with Gasteiger partial charge in [-0.25, -0.2) is 0 Å². The summed E-state index contributed by atoms with van der Waals surface area (Å²) in [4.78, 5) is 31.7. The van der Waals surface area contributed by atoms with Gasteiger partial charge in [-0.3, -0.25) is 19.4 Å². The average Bonchev–Trinajstić information content (AvgIpc) is 2.93. The van der Waals surface area contributed by atoms with Crippen molar-refractivity contribution in [3.8, 4) is 0 Å². The monoisotopic (exact) mass is 424 g/mol. The topological polar surface area (TPSA) is 47.1 Å². The maximum atomic E-state index is 11.6. The summed E-state index contributed by atoms with van der Waals surface area (Å²) in [6.07, 6.45) is 3.94. The van der Waals surface area contributed by atoms with Gasteiger partial charge in [-0.2, -0.15) is 0 Å². The molecule has 0 aromatic heterocycles. The van der Waals surface area contributed by atoms with Crippen LogP contribution in [0.25, 0.3) is 0 Å². The first-order chi connectivity index (χ1) is 13.8. The number of hydrogen-bond donors (Lipinski definition) is 0. The summed E-state index contributed by atoms with van der Waals surface area (Å²) in [5, 5.41) is 0. The summed E-state index contributed by atoms with van der Waals surface area (Å²) in [5.74, 6) is 0.481. The van der Waals surface area contributed by atoms with Gasteiger partial charge in [0, 0.05) is 76.8 Å². The molecule has 0 unspecified atom stereocenters. The maximum Gasteiger partial charge on any atom is 0.222 e. The fraction of sp³-hybridized carbons (Fsp3) is 0.917. The summed E-state index contributed by atoms with van der Waals surface area (Å²) in [5.41, 5.74) is 0.491. The van der Waals surface area contributed by atoms with Gasteiger partial charge in [0.2, 0.25) is 11.8 Å². The van der Waals surface area contributed by atoms with Crippen LogP contribution in [0.15, 0.2) is 0 Å².